The number of nitrogens with two attached hydrogens (primary N) is 1. The maximum Gasteiger partial charge on any atom is 0.170 e. The van der Waals surface area contributed by atoms with E-state index in [2.05, 4.69) is 0 Å². The minimum atomic E-state index is -0.572. The van der Waals surface area contributed by atoms with Crippen molar-refractivity contribution in [1.29, 1.82) is 0 Å². The van der Waals surface area contributed by atoms with Crippen molar-refractivity contribution >= 4 is 22.2 Å². The highest BCUT2D eigenvalue weighted by molar-refractivity contribution is 6.16. The molecule has 0 spiro atoms. The number of anilines is 1. The highest BCUT2D eigenvalue weighted by atomic mass is 19.1. The van der Waals surface area contributed by atoms with Crippen molar-refractivity contribution in [2.24, 2.45) is 0 Å². The van der Waals surface area contributed by atoms with Gasteiger partial charge < -0.3 is 5.73 Å². The van der Waals surface area contributed by atoms with Crippen LogP contribution in [0.25, 0.3) is 10.8 Å². The second-order valence-electron chi connectivity index (χ2n) is 3.77. The first-order valence-corrected chi connectivity index (χ1v) is 4.71. The Morgan fingerprint density at radius 2 is 2.13 bits per heavy atom. The Kier molecular flexibility index (Phi) is 1.44. The van der Waals surface area contributed by atoms with Gasteiger partial charge in [-0.15, -0.1) is 0 Å². The number of rotatable bonds is 0. The van der Waals surface area contributed by atoms with E-state index in [0.717, 1.165) is 16.3 Å². The maximum atomic E-state index is 13.7. The number of hydrogen-bond acceptors (Lipinski definition) is 2. The Morgan fingerprint density at radius 3 is 2.93 bits per heavy atom. The molecule has 1 aliphatic rings. The van der Waals surface area contributed by atoms with Gasteiger partial charge in [0.2, 0.25) is 0 Å². The summed E-state index contributed by atoms with van der Waals surface area (Å²) in [6.45, 7) is 0. The van der Waals surface area contributed by atoms with Gasteiger partial charge in [0.25, 0.3) is 0 Å². The van der Waals surface area contributed by atoms with Crippen molar-refractivity contribution in [3.63, 3.8) is 0 Å². The number of Topliss-reactive ketones (excluding diaryl/α,β-unsaturated/α-hetero) is 1. The highest BCUT2D eigenvalue weighted by Crippen LogP contribution is 2.34. The van der Waals surface area contributed by atoms with E-state index in [-0.39, 0.29) is 23.5 Å². The number of ketones is 1. The summed E-state index contributed by atoms with van der Waals surface area (Å²) in [6, 6.07) is 7.14. The average Bonchev–Trinajstić information content (AvgIpc) is 2.53. The molecular weight excluding hydrogens is 193 g/mol. The third kappa shape index (κ3) is 0.947. The van der Waals surface area contributed by atoms with Crippen LogP contribution in [0.15, 0.2) is 24.3 Å². The smallest absolute Gasteiger partial charge is 0.170 e. The number of carbonyl (C=O) groups is 1. The fourth-order valence-corrected chi connectivity index (χ4v) is 2.20. The third-order valence-electron chi connectivity index (χ3n) is 2.85. The first-order valence-electron chi connectivity index (χ1n) is 4.71. The molecule has 0 aromatic heterocycles. The molecule has 0 saturated heterocycles. The monoisotopic (exact) mass is 201 g/mol. The Bertz CT molecular complexity index is 604. The molecule has 2 N–H and O–H groups in total. The Labute approximate surface area is 85.5 Å². The molecule has 2 aromatic rings. The summed E-state index contributed by atoms with van der Waals surface area (Å²) in [5.41, 5.74) is 6.63. The van der Waals surface area contributed by atoms with Crippen molar-refractivity contribution in [3.05, 3.63) is 41.2 Å². The predicted molar refractivity (Wildman–Crippen MR) is 56.4 cm³/mol. The van der Waals surface area contributed by atoms with Crippen LogP contribution in [-0.2, 0) is 6.42 Å². The molecule has 0 unspecified atom stereocenters. The molecular formula is C12H8FNO. The van der Waals surface area contributed by atoms with Gasteiger partial charge in [-0.25, -0.2) is 4.39 Å². The lowest BCUT2D eigenvalue weighted by Crippen LogP contribution is -2.01. The minimum Gasteiger partial charge on any atom is -0.396 e. The fraction of sp³-hybridized carbons (Fsp3) is 0.0833. The molecule has 2 aromatic carbocycles. The SMILES string of the molecule is Nc1cc2cccc3c2c(c1F)C(=O)C3. The lowest BCUT2D eigenvalue weighted by atomic mass is 10.0. The summed E-state index contributed by atoms with van der Waals surface area (Å²) >= 11 is 0. The van der Waals surface area contributed by atoms with Crippen LogP contribution in [0.4, 0.5) is 10.1 Å². The Balaban J connectivity index is 2.59. The van der Waals surface area contributed by atoms with Crippen LogP contribution in [-0.4, -0.2) is 5.78 Å². The van der Waals surface area contributed by atoms with E-state index in [0.29, 0.717) is 0 Å². The molecule has 0 radical (unpaired) electrons. The lowest BCUT2D eigenvalue weighted by Gasteiger charge is -2.04. The minimum absolute atomic E-state index is 0.0462. The molecule has 74 valence electrons. The van der Waals surface area contributed by atoms with Gasteiger partial charge in [-0.3, -0.25) is 4.79 Å². The largest absolute Gasteiger partial charge is 0.396 e. The number of benzene rings is 2. The first-order chi connectivity index (χ1) is 7.18. The first kappa shape index (κ1) is 8.41. The quantitative estimate of drug-likeness (QED) is 0.664. The summed E-state index contributed by atoms with van der Waals surface area (Å²) in [5.74, 6) is -0.747. The summed E-state index contributed by atoms with van der Waals surface area (Å²) in [7, 11) is 0. The fourth-order valence-electron chi connectivity index (χ4n) is 2.20. The highest BCUT2D eigenvalue weighted by Gasteiger charge is 2.26. The molecule has 3 rings (SSSR count). The zero-order chi connectivity index (χ0) is 10.6. The number of hydrogen-bond donors (Lipinski definition) is 1. The Hall–Kier alpha value is -1.90. The van der Waals surface area contributed by atoms with Crippen molar-refractivity contribution in [2.75, 3.05) is 5.73 Å². The van der Waals surface area contributed by atoms with E-state index in [1.165, 1.54) is 0 Å². The average molecular weight is 201 g/mol. The summed E-state index contributed by atoms with van der Waals surface area (Å²) in [5, 5.41) is 1.57. The molecule has 1 aliphatic carbocycles. The standard InChI is InChI=1S/C12H8FNO/c13-12-8(14)4-6-2-1-3-7-5-9(15)11(12)10(6)7/h1-4H,5,14H2. The zero-order valence-corrected chi connectivity index (χ0v) is 7.88. The summed E-state index contributed by atoms with van der Waals surface area (Å²) in [4.78, 5) is 11.6. The van der Waals surface area contributed by atoms with Crippen LogP contribution in [0.5, 0.6) is 0 Å². The predicted octanol–water partition coefficient (Wildman–Crippen LogP) is 2.30. The number of carbonyl (C=O) groups excluding carboxylic acids is 1. The van der Waals surface area contributed by atoms with Crippen molar-refractivity contribution in [1.82, 2.24) is 0 Å². The molecule has 0 fully saturated rings. The van der Waals surface area contributed by atoms with E-state index >= 15 is 0 Å². The molecule has 0 heterocycles. The van der Waals surface area contributed by atoms with Crippen LogP contribution < -0.4 is 5.73 Å². The maximum absolute atomic E-state index is 13.7. The molecule has 15 heavy (non-hydrogen) atoms. The van der Waals surface area contributed by atoms with Crippen LogP contribution in [0.1, 0.15) is 15.9 Å². The molecule has 0 bridgehead atoms. The summed E-state index contributed by atoms with van der Waals surface area (Å²) < 4.78 is 13.7. The van der Waals surface area contributed by atoms with E-state index in [4.69, 9.17) is 5.73 Å². The number of halogens is 1. The second-order valence-corrected chi connectivity index (χ2v) is 3.77. The zero-order valence-electron chi connectivity index (χ0n) is 7.88. The van der Waals surface area contributed by atoms with Crippen molar-refractivity contribution in [3.8, 4) is 0 Å². The molecule has 0 atom stereocenters. The van der Waals surface area contributed by atoms with E-state index in [1.807, 2.05) is 18.2 Å². The lowest BCUT2D eigenvalue weighted by molar-refractivity contribution is 0.0996. The third-order valence-corrected chi connectivity index (χ3v) is 2.85. The van der Waals surface area contributed by atoms with Gasteiger partial charge in [-0.1, -0.05) is 18.2 Å². The van der Waals surface area contributed by atoms with Crippen molar-refractivity contribution < 1.29 is 9.18 Å². The van der Waals surface area contributed by atoms with Gasteiger partial charge in [0.1, 0.15) is 0 Å². The Morgan fingerprint density at radius 1 is 1.33 bits per heavy atom. The van der Waals surface area contributed by atoms with Crippen LogP contribution >= 0.6 is 0 Å². The van der Waals surface area contributed by atoms with Crippen molar-refractivity contribution in [2.45, 2.75) is 6.42 Å². The van der Waals surface area contributed by atoms with E-state index in [9.17, 15) is 9.18 Å². The summed E-state index contributed by atoms with van der Waals surface area (Å²) in [6.07, 6.45) is 0.285. The molecule has 0 amide bonds. The van der Waals surface area contributed by atoms with E-state index in [1.54, 1.807) is 6.07 Å². The topological polar surface area (TPSA) is 43.1 Å². The van der Waals surface area contributed by atoms with Gasteiger partial charge in [0.05, 0.1) is 11.3 Å². The van der Waals surface area contributed by atoms with Gasteiger partial charge in [0.15, 0.2) is 11.6 Å². The van der Waals surface area contributed by atoms with E-state index < -0.39 is 5.82 Å². The van der Waals surface area contributed by atoms with Gasteiger partial charge in [-0.05, 0) is 22.4 Å². The van der Waals surface area contributed by atoms with Gasteiger partial charge in [0, 0.05) is 6.42 Å². The van der Waals surface area contributed by atoms with Gasteiger partial charge >= 0.3 is 0 Å². The van der Waals surface area contributed by atoms with Crippen LogP contribution in [0.3, 0.4) is 0 Å². The number of nitrogen functional groups attached to an aromatic ring is 1. The second kappa shape index (κ2) is 2.57. The normalized spacial score (nSPS) is 13.8. The molecule has 0 saturated carbocycles. The molecule has 3 heteroatoms. The van der Waals surface area contributed by atoms with Gasteiger partial charge in [-0.2, -0.15) is 0 Å². The molecule has 0 aliphatic heterocycles. The molecule has 2 nitrogen and oxygen atoms in total. The van der Waals surface area contributed by atoms with Crippen LogP contribution in [0, 0.1) is 5.82 Å². The van der Waals surface area contributed by atoms with Crippen LogP contribution in [0.2, 0.25) is 0 Å².